The molecule has 0 radical (unpaired) electrons. The molecule has 2 aromatic carbocycles. The molecule has 0 bridgehead atoms. The minimum absolute atomic E-state index is 0.225. The second kappa shape index (κ2) is 6.04. The van der Waals surface area contributed by atoms with Gasteiger partial charge in [0.1, 0.15) is 0 Å². The highest BCUT2D eigenvalue weighted by molar-refractivity contribution is 7.93. The molecular formula is C15H12F3NO3S. The number of hydrogen-bond donors (Lipinski definition) is 0. The molecule has 0 N–H and O–H groups in total. The Kier molecular flexibility index (Phi) is 4.46. The summed E-state index contributed by atoms with van der Waals surface area (Å²) >= 11 is 0. The van der Waals surface area contributed by atoms with Crippen LogP contribution in [0, 0.1) is 6.92 Å². The minimum atomic E-state index is -5.33. The molecular weight excluding hydrogens is 331 g/mol. The first-order valence-corrected chi connectivity index (χ1v) is 7.86. The Balaban J connectivity index is 2.62. The fourth-order valence-electron chi connectivity index (χ4n) is 1.86. The lowest BCUT2D eigenvalue weighted by atomic mass is 10.2. The summed E-state index contributed by atoms with van der Waals surface area (Å²) in [7, 11) is -4.69. The predicted octanol–water partition coefficient (Wildman–Crippen LogP) is 3.28. The van der Waals surface area contributed by atoms with Gasteiger partial charge in [-0.2, -0.15) is 17.5 Å². The van der Waals surface area contributed by atoms with Crippen LogP contribution < -0.4 is 4.31 Å². The summed E-state index contributed by atoms with van der Waals surface area (Å²) in [6.07, 6.45) is -5.33. The van der Waals surface area contributed by atoms with Gasteiger partial charge in [-0.1, -0.05) is 35.9 Å². The molecule has 0 fully saturated rings. The van der Waals surface area contributed by atoms with Crippen LogP contribution in [0.25, 0.3) is 0 Å². The van der Waals surface area contributed by atoms with E-state index >= 15 is 0 Å². The highest BCUT2D eigenvalue weighted by Crippen LogP contribution is 2.29. The first kappa shape index (κ1) is 17.0. The van der Waals surface area contributed by atoms with Gasteiger partial charge < -0.3 is 0 Å². The predicted molar refractivity (Wildman–Crippen MR) is 78.3 cm³/mol. The van der Waals surface area contributed by atoms with E-state index in [1.54, 1.807) is 6.92 Å². The second-order valence-electron chi connectivity index (χ2n) is 4.72. The molecule has 0 aliphatic carbocycles. The lowest BCUT2D eigenvalue weighted by molar-refractivity contribution is -0.169. The summed E-state index contributed by atoms with van der Waals surface area (Å²) < 4.78 is 63.4. The molecule has 0 aliphatic rings. The number of carbonyl (C=O) groups is 1. The Bertz CT molecular complexity index is 800. The van der Waals surface area contributed by atoms with Gasteiger partial charge in [-0.25, -0.2) is 8.42 Å². The Morgan fingerprint density at radius 1 is 0.957 bits per heavy atom. The molecule has 0 saturated heterocycles. The molecule has 8 heteroatoms. The molecule has 0 unspecified atom stereocenters. The summed E-state index contributed by atoms with van der Waals surface area (Å²) in [5.41, 5.74) is 0.354. The number of alkyl halides is 3. The fourth-order valence-corrected chi connectivity index (χ4v) is 3.27. The van der Waals surface area contributed by atoms with Gasteiger partial charge >= 0.3 is 12.1 Å². The second-order valence-corrected chi connectivity index (χ2v) is 6.51. The van der Waals surface area contributed by atoms with Gasteiger partial charge in [0.25, 0.3) is 10.0 Å². The molecule has 0 aromatic heterocycles. The van der Waals surface area contributed by atoms with E-state index in [-0.39, 0.29) is 9.99 Å². The maximum atomic E-state index is 12.8. The smallest absolute Gasteiger partial charge is 0.263 e. The Hall–Kier alpha value is -2.35. The van der Waals surface area contributed by atoms with E-state index in [2.05, 4.69) is 0 Å². The molecule has 2 aromatic rings. The number of carbonyl (C=O) groups excluding carboxylic acids is 1. The number of amides is 1. The third-order valence-corrected chi connectivity index (χ3v) is 4.70. The van der Waals surface area contributed by atoms with Gasteiger partial charge in [0.2, 0.25) is 0 Å². The third kappa shape index (κ3) is 3.53. The van der Waals surface area contributed by atoms with Crippen molar-refractivity contribution in [3.63, 3.8) is 0 Å². The zero-order valence-corrected chi connectivity index (χ0v) is 12.7. The first-order valence-electron chi connectivity index (χ1n) is 6.42. The van der Waals surface area contributed by atoms with Crippen molar-refractivity contribution in [2.75, 3.05) is 4.31 Å². The molecule has 122 valence electrons. The van der Waals surface area contributed by atoms with E-state index in [1.165, 1.54) is 30.3 Å². The standard InChI is InChI=1S/C15H12F3NO3S/c1-11-7-9-13(10-8-11)23(21,22)19(14(20)15(16,17)18)12-5-3-2-4-6-12/h2-10H,1H3. The average molecular weight is 343 g/mol. The molecule has 4 nitrogen and oxygen atoms in total. The van der Waals surface area contributed by atoms with E-state index in [0.717, 1.165) is 29.8 Å². The Labute approximate surface area is 131 Å². The van der Waals surface area contributed by atoms with Gasteiger partial charge in [-0.3, -0.25) is 4.79 Å². The quantitative estimate of drug-likeness (QED) is 0.859. The van der Waals surface area contributed by atoms with Crippen molar-refractivity contribution in [1.82, 2.24) is 0 Å². The largest absolute Gasteiger partial charge is 0.472 e. The van der Waals surface area contributed by atoms with Crippen molar-refractivity contribution in [2.24, 2.45) is 0 Å². The minimum Gasteiger partial charge on any atom is -0.263 e. The number of benzene rings is 2. The lowest BCUT2D eigenvalue weighted by Crippen LogP contribution is -2.45. The zero-order chi connectivity index (χ0) is 17.3. The van der Waals surface area contributed by atoms with Gasteiger partial charge in [-0.15, -0.1) is 0 Å². The number of nitrogens with zero attached hydrogens (tertiary/aromatic N) is 1. The highest BCUT2D eigenvalue weighted by atomic mass is 32.2. The normalized spacial score (nSPS) is 12.0. The number of rotatable bonds is 3. The van der Waals surface area contributed by atoms with Crippen LogP contribution in [-0.4, -0.2) is 20.5 Å². The molecule has 0 atom stereocenters. The zero-order valence-electron chi connectivity index (χ0n) is 11.9. The van der Waals surface area contributed by atoms with Gasteiger partial charge in [0.15, 0.2) is 0 Å². The lowest BCUT2D eigenvalue weighted by Gasteiger charge is -2.23. The van der Waals surface area contributed by atoms with Gasteiger partial charge in [-0.05, 0) is 31.2 Å². The fraction of sp³-hybridized carbons (Fsp3) is 0.133. The van der Waals surface area contributed by atoms with Crippen LogP contribution in [0.3, 0.4) is 0 Å². The Morgan fingerprint density at radius 3 is 1.96 bits per heavy atom. The van der Waals surface area contributed by atoms with E-state index < -0.39 is 27.0 Å². The molecule has 0 heterocycles. The van der Waals surface area contributed by atoms with Crippen LogP contribution in [-0.2, 0) is 14.8 Å². The average Bonchev–Trinajstić information content (AvgIpc) is 2.47. The van der Waals surface area contributed by atoms with Crippen LogP contribution >= 0.6 is 0 Å². The molecule has 0 saturated carbocycles. The SMILES string of the molecule is Cc1ccc(S(=O)(=O)N(C(=O)C(F)(F)F)c2ccccc2)cc1. The van der Waals surface area contributed by atoms with Crippen molar-refractivity contribution in [3.8, 4) is 0 Å². The van der Waals surface area contributed by atoms with Gasteiger partial charge in [0, 0.05) is 0 Å². The number of aryl methyl sites for hydroxylation is 1. The number of hydrogen-bond acceptors (Lipinski definition) is 3. The number of anilines is 1. The molecule has 2 rings (SSSR count). The maximum Gasteiger partial charge on any atom is 0.472 e. The van der Waals surface area contributed by atoms with Crippen LogP contribution in [0.15, 0.2) is 59.5 Å². The van der Waals surface area contributed by atoms with Crippen molar-refractivity contribution in [3.05, 3.63) is 60.2 Å². The summed E-state index contributed by atoms with van der Waals surface area (Å²) in [4.78, 5) is 11.3. The van der Waals surface area contributed by atoms with E-state index in [0.29, 0.717) is 0 Å². The number of halogens is 3. The van der Waals surface area contributed by atoms with Crippen LogP contribution in [0.1, 0.15) is 5.56 Å². The highest BCUT2D eigenvalue weighted by Gasteiger charge is 2.48. The first-order chi connectivity index (χ1) is 10.6. The van der Waals surface area contributed by atoms with E-state index in [9.17, 15) is 26.4 Å². The number of para-hydroxylation sites is 1. The molecule has 1 amide bonds. The van der Waals surface area contributed by atoms with Crippen molar-refractivity contribution < 1.29 is 26.4 Å². The maximum absolute atomic E-state index is 12.8. The van der Waals surface area contributed by atoms with Crippen LogP contribution in [0.2, 0.25) is 0 Å². The third-order valence-electron chi connectivity index (χ3n) is 2.98. The van der Waals surface area contributed by atoms with Crippen molar-refractivity contribution in [1.29, 1.82) is 0 Å². The van der Waals surface area contributed by atoms with Crippen molar-refractivity contribution in [2.45, 2.75) is 18.0 Å². The topological polar surface area (TPSA) is 54.5 Å². The van der Waals surface area contributed by atoms with E-state index in [4.69, 9.17) is 0 Å². The van der Waals surface area contributed by atoms with E-state index in [1.807, 2.05) is 0 Å². The summed E-state index contributed by atoms with van der Waals surface area (Å²) in [5, 5.41) is 0. The molecule has 23 heavy (non-hydrogen) atoms. The van der Waals surface area contributed by atoms with Crippen LogP contribution in [0.4, 0.5) is 18.9 Å². The monoisotopic (exact) mass is 343 g/mol. The summed E-state index contributed by atoms with van der Waals surface area (Å²) in [5.74, 6) is -2.47. The summed E-state index contributed by atoms with van der Waals surface area (Å²) in [6, 6.07) is 11.6. The number of sulfonamides is 1. The van der Waals surface area contributed by atoms with Crippen LogP contribution in [0.5, 0.6) is 0 Å². The Morgan fingerprint density at radius 2 is 1.48 bits per heavy atom. The summed E-state index contributed by atoms with van der Waals surface area (Å²) in [6.45, 7) is 1.70. The molecule has 0 aliphatic heterocycles. The van der Waals surface area contributed by atoms with Crippen molar-refractivity contribution >= 4 is 21.6 Å². The molecule has 0 spiro atoms. The van der Waals surface area contributed by atoms with Gasteiger partial charge in [0.05, 0.1) is 10.6 Å².